The molecule has 0 unspecified atom stereocenters. The second kappa shape index (κ2) is 8.59. The van der Waals surface area contributed by atoms with E-state index in [-0.39, 0.29) is 11.2 Å². The van der Waals surface area contributed by atoms with Crippen molar-refractivity contribution in [2.24, 2.45) is 0 Å². The van der Waals surface area contributed by atoms with Gasteiger partial charge in [-0.25, -0.2) is 4.98 Å². The molecule has 2 aromatic heterocycles. The van der Waals surface area contributed by atoms with Gasteiger partial charge in [-0.15, -0.1) is 0 Å². The molecule has 4 aromatic carbocycles. The van der Waals surface area contributed by atoms with Gasteiger partial charge in [0, 0.05) is 33.8 Å². The minimum Gasteiger partial charge on any atom is -0.507 e. The predicted octanol–water partition coefficient (Wildman–Crippen LogP) is 8.69. The SMILES string of the molecule is Cc1ccnc2c(-c3cccc(-c4nc5c(-c6ccccc6O)cccc5o4)c3)cc(C(C)(C)C)cc12. The number of fused-ring (bicyclic) bond motifs is 2. The molecule has 2 heterocycles. The first-order chi connectivity index (χ1) is 17.8. The molecule has 4 heteroatoms. The van der Waals surface area contributed by atoms with E-state index in [0.717, 1.165) is 38.9 Å². The monoisotopic (exact) mass is 484 g/mol. The summed E-state index contributed by atoms with van der Waals surface area (Å²) in [6.07, 6.45) is 1.88. The van der Waals surface area contributed by atoms with Gasteiger partial charge in [0.2, 0.25) is 5.89 Å². The first-order valence-electron chi connectivity index (χ1n) is 12.5. The minimum atomic E-state index is 0.00250. The van der Waals surface area contributed by atoms with E-state index in [2.05, 4.69) is 58.0 Å². The molecule has 0 aliphatic rings. The molecule has 6 aromatic rings. The van der Waals surface area contributed by atoms with Crippen LogP contribution in [0.1, 0.15) is 31.9 Å². The van der Waals surface area contributed by atoms with Gasteiger partial charge in [-0.3, -0.25) is 4.98 Å². The van der Waals surface area contributed by atoms with Gasteiger partial charge in [-0.1, -0.05) is 63.2 Å². The zero-order valence-corrected chi connectivity index (χ0v) is 21.4. The normalized spacial score (nSPS) is 11.9. The van der Waals surface area contributed by atoms with E-state index in [9.17, 15) is 5.11 Å². The topological polar surface area (TPSA) is 59.2 Å². The number of nitrogens with zero attached hydrogens (tertiary/aromatic N) is 2. The molecule has 182 valence electrons. The minimum absolute atomic E-state index is 0.00250. The Hall–Kier alpha value is -4.44. The van der Waals surface area contributed by atoms with Crippen molar-refractivity contribution in [1.29, 1.82) is 0 Å². The average Bonchev–Trinajstić information content (AvgIpc) is 3.33. The molecule has 6 rings (SSSR count). The number of aromatic nitrogens is 2. The Balaban J connectivity index is 1.52. The van der Waals surface area contributed by atoms with Gasteiger partial charge in [0.1, 0.15) is 11.3 Å². The van der Waals surface area contributed by atoms with E-state index in [0.29, 0.717) is 11.5 Å². The molecule has 0 atom stereocenters. The van der Waals surface area contributed by atoms with Crippen LogP contribution in [0.2, 0.25) is 0 Å². The number of hydrogen-bond donors (Lipinski definition) is 1. The van der Waals surface area contributed by atoms with Crippen molar-refractivity contribution < 1.29 is 9.52 Å². The van der Waals surface area contributed by atoms with E-state index in [4.69, 9.17) is 14.4 Å². The molecule has 0 bridgehead atoms. The second-order valence-corrected chi connectivity index (χ2v) is 10.6. The van der Waals surface area contributed by atoms with Crippen LogP contribution in [0.5, 0.6) is 5.75 Å². The molecule has 0 spiro atoms. The summed E-state index contributed by atoms with van der Waals surface area (Å²) in [5, 5.41) is 11.6. The zero-order chi connectivity index (χ0) is 25.7. The summed E-state index contributed by atoms with van der Waals surface area (Å²) < 4.78 is 6.22. The zero-order valence-electron chi connectivity index (χ0n) is 21.4. The summed E-state index contributed by atoms with van der Waals surface area (Å²) in [4.78, 5) is 9.64. The molecule has 0 aliphatic heterocycles. The molecule has 37 heavy (non-hydrogen) atoms. The van der Waals surface area contributed by atoms with E-state index in [1.807, 2.05) is 54.7 Å². The lowest BCUT2D eigenvalue weighted by Crippen LogP contribution is -2.11. The molecule has 0 aliphatic carbocycles. The fourth-order valence-corrected chi connectivity index (χ4v) is 4.85. The molecular formula is C33H28N2O2. The Bertz CT molecular complexity index is 1790. The first kappa shape index (κ1) is 23.0. The molecular weight excluding hydrogens is 456 g/mol. The number of phenols is 1. The average molecular weight is 485 g/mol. The molecule has 0 saturated heterocycles. The number of aryl methyl sites for hydroxylation is 1. The predicted molar refractivity (Wildman–Crippen MR) is 151 cm³/mol. The summed E-state index contributed by atoms with van der Waals surface area (Å²) >= 11 is 0. The third-order valence-corrected chi connectivity index (χ3v) is 6.96. The highest BCUT2D eigenvalue weighted by Gasteiger charge is 2.19. The van der Waals surface area contributed by atoms with Gasteiger partial charge in [0.05, 0.1) is 5.52 Å². The maximum Gasteiger partial charge on any atom is 0.227 e. The van der Waals surface area contributed by atoms with E-state index in [1.165, 1.54) is 16.5 Å². The molecule has 0 fully saturated rings. The van der Waals surface area contributed by atoms with Crippen LogP contribution in [0.15, 0.2) is 95.5 Å². The van der Waals surface area contributed by atoms with Crippen molar-refractivity contribution in [3.63, 3.8) is 0 Å². The Morgan fingerprint density at radius 3 is 2.30 bits per heavy atom. The van der Waals surface area contributed by atoms with Gasteiger partial charge in [-0.05, 0) is 71.5 Å². The number of phenolic OH excluding ortho intramolecular Hbond substituents is 1. The van der Waals surface area contributed by atoms with Crippen molar-refractivity contribution >= 4 is 22.0 Å². The van der Waals surface area contributed by atoms with Crippen molar-refractivity contribution in [1.82, 2.24) is 9.97 Å². The van der Waals surface area contributed by atoms with Crippen molar-refractivity contribution in [3.8, 4) is 39.5 Å². The summed E-state index contributed by atoms with van der Waals surface area (Å²) in [6.45, 7) is 8.85. The first-order valence-corrected chi connectivity index (χ1v) is 12.5. The van der Waals surface area contributed by atoms with Crippen LogP contribution in [-0.2, 0) is 5.41 Å². The molecule has 4 nitrogen and oxygen atoms in total. The Kier molecular flexibility index (Phi) is 5.34. The maximum atomic E-state index is 10.4. The smallest absolute Gasteiger partial charge is 0.227 e. The fourth-order valence-electron chi connectivity index (χ4n) is 4.85. The fraction of sp³-hybridized carbons (Fsp3) is 0.152. The van der Waals surface area contributed by atoms with Gasteiger partial charge >= 0.3 is 0 Å². The van der Waals surface area contributed by atoms with Crippen LogP contribution in [0.25, 0.3) is 55.7 Å². The quantitative estimate of drug-likeness (QED) is 0.273. The van der Waals surface area contributed by atoms with Crippen LogP contribution in [0.3, 0.4) is 0 Å². The van der Waals surface area contributed by atoms with Crippen molar-refractivity contribution in [2.75, 3.05) is 0 Å². The molecule has 0 radical (unpaired) electrons. The van der Waals surface area contributed by atoms with Gasteiger partial charge < -0.3 is 9.52 Å². The highest BCUT2D eigenvalue weighted by Crippen LogP contribution is 2.38. The molecule has 0 amide bonds. The largest absolute Gasteiger partial charge is 0.507 e. The Morgan fingerprint density at radius 2 is 1.49 bits per heavy atom. The van der Waals surface area contributed by atoms with Gasteiger partial charge in [0.15, 0.2) is 5.58 Å². The summed E-state index contributed by atoms with van der Waals surface area (Å²) in [5.41, 5.74) is 9.49. The lowest BCUT2D eigenvalue weighted by atomic mass is 9.83. The van der Waals surface area contributed by atoms with Crippen LogP contribution < -0.4 is 0 Å². The van der Waals surface area contributed by atoms with E-state index in [1.54, 1.807) is 6.07 Å². The van der Waals surface area contributed by atoms with Crippen molar-refractivity contribution in [3.05, 3.63) is 102 Å². The highest BCUT2D eigenvalue weighted by atomic mass is 16.3. The van der Waals surface area contributed by atoms with Gasteiger partial charge in [0.25, 0.3) is 0 Å². The number of hydrogen-bond acceptors (Lipinski definition) is 4. The standard InChI is InChI=1S/C33H28N2O2/c1-20-15-16-34-30-26(20)18-23(33(2,3)4)19-27(30)21-9-7-10-22(17-21)32-35-31-25(12-8-14-29(31)37-32)24-11-5-6-13-28(24)36/h5-19,36H,1-4H3. The van der Waals surface area contributed by atoms with Crippen LogP contribution in [0.4, 0.5) is 0 Å². The lowest BCUT2D eigenvalue weighted by Gasteiger charge is -2.22. The summed E-state index contributed by atoms with van der Waals surface area (Å²) in [5.74, 6) is 0.759. The summed E-state index contributed by atoms with van der Waals surface area (Å²) in [7, 11) is 0. The Morgan fingerprint density at radius 1 is 0.730 bits per heavy atom. The molecule has 1 N–H and O–H groups in total. The summed E-state index contributed by atoms with van der Waals surface area (Å²) in [6, 6.07) is 28.0. The Labute approximate surface area is 216 Å². The van der Waals surface area contributed by atoms with Gasteiger partial charge in [-0.2, -0.15) is 0 Å². The number of para-hydroxylation sites is 2. The third kappa shape index (κ3) is 4.05. The van der Waals surface area contributed by atoms with Crippen molar-refractivity contribution in [2.45, 2.75) is 33.1 Å². The number of aromatic hydroxyl groups is 1. The third-order valence-electron chi connectivity index (χ3n) is 6.96. The van der Waals surface area contributed by atoms with E-state index >= 15 is 0 Å². The van der Waals surface area contributed by atoms with Crippen LogP contribution in [-0.4, -0.2) is 15.1 Å². The second-order valence-electron chi connectivity index (χ2n) is 10.6. The number of pyridine rings is 1. The van der Waals surface area contributed by atoms with Crippen LogP contribution >= 0.6 is 0 Å². The maximum absolute atomic E-state index is 10.4. The molecule has 0 saturated carbocycles. The van der Waals surface area contributed by atoms with Crippen LogP contribution in [0, 0.1) is 6.92 Å². The number of rotatable bonds is 3. The number of benzene rings is 4. The highest BCUT2D eigenvalue weighted by molar-refractivity contribution is 5.97. The lowest BCUT2D eigenvalue weighted by molar-refractivity contribution is 0.477. The van der Waals surface area contributed by atoms with E-state index < -0.39 is 0 Å². The number of oxazole rings is 1.